The molecule has 0 atom stereocenters. The zero-order valence-electron chi connectivity index (χ0n) is 9.24. The number of hydrogen-bond donors (Lipinski definition) is 1. The summed E-state index contributed by atoms with van der Waals surface area (Å²) in [6, 6.07) is 4.23. The van der Waals surface area contributed by atoms with Crippen LogP contribution in [0, 0.1) is 0 Å². The van der Waals surface area contributed by atoms with Gasteiger partial charge in [0.1, 0.15) is 0 Å². The maximum Gasteiger partial charge on any atom is 0.337 e. The number of amides is 1. The Hall–Kier alpha value is -1.88. The molecule has 0 aliphatic rings. The van der Waals surface area contributed by atoms with Gasteiger partial charge >= 0.3 is 5.97 Å². The van der Waals surface area contributed by atoms with Crippen LogP contribution in [0.25, 0.3) is 0 Å². The molecule has 0 unspecified atom stereocenters. The highest BCUT2D eigenvalue weighted by atomic mass is 35.5. The molecule has 0 fully saturated rings. The molecule has 0 radical (unpaired) electrons. The fourth-order valence-electron chi connectivity index (χ4n) is 1.08. The molecule has 0 saturated carbocycles. The molecule has 17 heavy (non-hydrogen) atoms. The molecule has 0 bridgehead atoms. The summed E-state index contributed by atoms with van der Waals surface area (Å²) in [7, 11) is 1.24. The monoisotopic (exact) mass is 255 g/mol. The molecule has 1 amide bonds. The molecule has 90 valence electrons. The lowest BCUT2D eigenvalue weighted by atomic mass is 10.2. The van der Waals surface area contributed by atoms with Crippen molar-refractivity contribution in [3.63, 3.8) is 0 Å². The van der Waals surface area contributed by atoms with Crippen LogP contribution in [-0.4, -0.2) is 24.8 Å². The number of rotatable bonds is 3. The normalized spacial score (nSPS) is 9.59. The number of nitrogens with one attached hydrogen (secondary N) is 1. The smallest absolute Gasteiger partial charge is 0.337 e. The third-order valence-electron chi connectivity index (χ3n) is 1.96. The number of Topliss-reactive ketones (excluding diaryl/α,β-unsaturated/α-hetero) is 1. The fraction of sp³-hybridized carbons (Fsp3) is 0.182. The third kappa shape index (κ3) is 3.29. The van der Waals surface area contributed by atoms with E-state index in [0.717, 1.165) is 6.92 Å². The van der Waals surface area contributed by atoms with Crippen LogP contribution < -0.4 is 5.32 Å². The van der Waals surface area contributed by atoms with Crippen molar-refractivity contribution in [3.8, 4) is 0 Å². The number of carbonyl (C=O) groups excluding carboxylic acids is 3. The largest absolute Gasteiger partial charge is 0.465 e. The highest BCUT2D eigenvalue weighted by molar-refractivity contribution is 6.41. The molecule has 1 aromatic rings. The second-order valence-electron chi connectivity index (χ2n) is 3.20. The summed E-state index contributed by atoms with van der Waals surface area (Å²) in [6.07, 6.45) is 0. The minimum atomic E-state index is -0.797. The van der Waals surface area contributed by atoms with Crippen molar-refractivity contribution in [3.05, 3.63) is 28.8 Å². The van der Waals surface area contributed by atoms with Crippen LogP contribution in [0.15, 0.2) is 18.2 Å². The van der Waals surface area contributed by atoms with Crippen LogP contribution in [0.5, 0.6) is 0 Å². The number of ketones is 1. The van der Waals surface area contributed by atoms with E-state index in [4.69, 9.17) is 11.6 Å². The summed E-state index contributed by atoms with van der Waals surface area (Å²) in [6.45, 7) is 1.13. The molecular weight excluding hydrogens is 246 g/mol. The maximum absolute atomic E-state index is 11.3. The Labute approximate surface area is 103 Å². The third-order valence-corrected chi connectivity index (χ3v) is 2.29. The van der Waals surface area contributed by atoms with Crippen molar-refractivity contribution < 1.29 is 19.1 Å². The van der Waals surface area contributed by atoms with Gasteiger partial charge in [-0.2, -0.15) is 0 Å². The Balaban J connectivity index is 3.02. The molecule has 1 rings (SSSR count). The van der Waals surface area contributed by atoms with E-state index in [1.165, 1.54) is 25.3 Å². The van der Waals surface area contributed by atoms with Crippen LogP contribution in [0.4, 0.5) is 5.69 Å². The second kappa shape index (κ2) is 5.45. The maximum atomic E-state index is 11.3. The van der Waals surface area contributed by atoms with Crippen LogP contribution >= 0.6 is 11.6 Å². The second-order valence-corrected chi connectivity index (χ2v) is 3.60. The SMILES string of the molecule is COC(=O)c1ccc(Cl)c(NC(=O)C(C)=O)c1. The van der Waals surface area contributed by atoms with E-state index in [0.29, 0.717) is 0 Å². The number of hydrogen-bond acceptors (Lipinski definition) is 4. The lowest BCUT2D eigenvalue weighted by molar-refractivity contribution is -0.133. The van der Waals surface area contributed by atoms with Gasteiger partial charge in [-0.1, -0.05) is 11.6 Å². The summed E-state index contributed by atoms with van der Waals surface area (Å²) in [5.41, 5.74) is 0.422. The molecule has 6 heteroatoms. The highest BCUT2D eigenvalue weighted by Crippen LogP contribution is 2.23. The number of benzene rings is 1. The number of anilines is 1. The van der Waals surface area contributed by atoms with Crippen molar-refractivity contribution in [2.24, 2.45) is 0 Å². The van der Waals surface area contributed by atoms with Gasteiger partial charge in [0.2, 0.25) is 5.78 Å². The topological polar surface area (TPSA) is 72.5 Å². The van der Waals surface area contributed by atoms with E-state index in [2.05, 4.69) is 10.1 Å². The molecule has 5 nitrogen and oxygen atoms in total. The van der Waals surface area contributed by atoms with E-state index >= 15 is 0 Å². The lowest BCUT2D eigenvalue weighted by Gasteiger charge is -2.07. The number of ether oxygens (including phenoxy) is 1. The number of esters is 1. The molecule has 0 aliphatic heterocycles. The number of halogens is 1. The quantitative estimate of drug-likeness (QED) is 0.658. The Kier molecular flexibility index (Phi) is 4.23. The van der Waals surface area contributed by atoms with Gasteiger partial charge in [-0.05, 0) is 18.2 Å². The summed E-state index contributed by atoms with van der Waals surface area (Å²) in [5.74, 6) is -2.00. The van der Waals surface area contributed by atoms with E-state index in [-0.39, 0.29) is 16.3 Å². The predicted molar refractivity (Wildman–Crippen MR) is 62.1 cm³/mol. The fourth-order valence-corrected chi connectivity index (χ4v) is 1.24. The standard InChI is InChI=1S/C11H10ClNO4/c1-6(14)10(15)13-9-5-7(11(16)17-2)3-4-8(9)12/h3-5H,1-2H3,(H,13,15). The Morgan fingerprint density at radius 3 is 2.47 bits per heavy atom. The molecule has 1 N–H and O–H groups in total. The van der Waals surface area contributed by atoms with Crippen molar-refractivity contribution in [2.75, 3.05) is 12.4 Å². The molecule has 0 saturated heterocycles. The molecule has 0 aliphatic carbocycles. The summed E-state index contributed by atoms with van der Waals surface area (Å²) in [5, 5.41) is 2.53. The van der Waals surface area contributed by atoms with E-state index in [1.54, 1.807) is 0 Å². The summed E-state index contributed by atoms with van der Waals surface area (Å²) < 4.78 is 4.52. The highest BCUT2D eigenvalue weighted by Gasteiger charge is 2.13. The Bertz CT molecular complexity index is 484. The molecule has 1 aromatic carbocycles. The summed E-state index contributed by atoms with van der Waals surface area (Å²) in [4.78, 5) is 33.2. The van der Waals surface area contributed by atoms with Crippen LogP contribution in [-0.2, 0) is 14.3 Å². The molecule has 0 heterocycles. The van der Waals surface area contributed by atoms with E-state index in [1.807, 2.05) is 0 Å². The van der Waals surface area contributed by atoms with Gasteiger partial charge in [0.15, 0.2) is 0 Å². The Morgan fingerprint density at radius 1 is 1.29 bits per heavy atom. The van der Waals surface area contributed by atoms with Gasteiger partial charge in [-0.15, -0.1) is 0 Å². The number of carbonyl (C=O) groups is 3. The zero-order valence-corrected chi connectivity index (χ0v) is 10.00. The van der Waals surface area contributed by atoms with Gasteiger partial charge in [-0.3, -0.25) is 9.59 Å². The first-order chi connectivity index (χ1) is 7.95. The van der Waals surface area contributed by atoms with Crippen molar-refractivity contribution >= 4 is 34.9 Å². The first kappa shape index (κ1) is 13.2. The van der Waals surface area contributed by atoms with E-state index < -0.39 is 17.7 Å². The van der Waals surface area contributed by atoms with E-state index in [9.17, 15) is 14.4 Å². The van der Waals surface area contributed by atoms with Gasteiger partial charge in [0.05, 0.1) is 23.4 Å². The minimum Gasteiger partial charge on any atom is -0.465 e. The van der Waals surface area contributed by atoms with Gasteiger partial charge in [0, 0.05) is 6.92 Å². The van der Waals surface area contributed by atoms with Crippen molar-refractivity contribution in [2.45, 2.75) is 6.92 Å². The van der Waals surface area contributed by atoms with Crippen LogP contribution in [0.2, 0.25) is 5.02 Å². The van der Waals surface area contributed by atoms with Crippen LogP contribution in [0.3, 0.4) is 0 Å². The average molecular weight is 256 g/mol. The molecular formula is C11H10ClNO4. The zero-order chi connectivity index (χ0) is 13.0. The van der Waals surface area contributed by atoms with Gasteiger partial charge in [-0.25, -0.2) is 4.79 Å². The lowest BCUT2D eigenvalue weighted by Crippen LogP contribution is -2.20. The first-order valence-corrected chi connectivity index (χ1v) is 5.03. The van der Waals surface area contributed by atoms with Gasteiger partial charge in [0.25, 0.3) is 5.91 Å². The van der Waals surface area contributed by atoms with Gasteiger partial charge < -0.3 is 10.1 Å². The summed E-state index contributed by atoms with van der Waals surface area (Å²) >= 11 is 5.81. The van der Waals surface area contributed by atoms with Crippen molar-refractivity contribution in [1.82, 2.24) is 0 Å². The average Bonchev–Trinajstić information content (AvgIpc) is 2.30. The predicted octanol–water partition coefficient (Wildman–Crippen LogP) is 1.65. The number of methoxy groups -OCH3 is 1. The first-order valence-electron chi connectivity index (χ1n) is 4.65. The molecule has 0 spiro atoms. The Morgan fingerprint density at radius 2 is 1.94 bits per heavy atom. The minimum absolute atomic E-state index is 0.190. The van der Waals surface area contributed by atoms with Crippen LogP contribution in [0.1, 0.15) is 17.3 Å². The molecule has 0 aromatic heterocycles. The van der Waals surface area contributed by atoms with Crippen molar-refractivity contribution in [1.29, 1.82) is 0 Å².